The number of nitrogens with one attached hydrogen (secondary N) is 2. The molecule has 1 atom stereocenters. The number of piperidine rings is 1. The SMILES string of the molecule is Cc1csc2nc(C(=O)NCc3cccc(OCCCS(=O)(=O)N4CCCCC4C(=O)O)c3)[nH]c(=O)c12. The number of ether oxygens (including phenoxy) is 1. The number of hydrogen-bond donors (Lipinski definition) is 3. The molecule has 0 radical (unpaired) electrons. The highest BCUT2D eigenvalue weighted by Crippen LogP contribution is 2.22. The quantitative estimate of drug-likeness (QED) is 0.326. The standard InChI is InChI=1S/C24H28N4O7S2/c1-15-14-36-23-19(15)21(29)26-20(27-23)22(30)25-13-16-6-4-7-17(12-16)35-10-5-11-37(33,34)28-9-3-2-8-18(28)24(31)32/h4,6-7,12,14,18H,2-3,5,8-11,13H2,1H3,(H,25,30)(H,31,32)(H,26,27,29). The minimum atomic E-state index is -3.71. The number of H-pyrrole nitrogens is 1. The van der Waals surface area contributed by atoms with Crippen molar-refractivity contribution in [3.63, 3.8) is 0 Å². The Bertz CT molecular complexity index is 1470. The largest absolute Gasteiger partial charge is 0.494 e. The van der Waals surface area contributed by atoms with E-state index in [1.54, 1.807) is 24.3 Å². The smallest absolute Gasteiger partial charge is 0.322 e. The van der Waals surface area contributed by atoms with Crippen LogP contribution in [0.25, 0.3) is 10.2 Å². The second-order valence-corrected chi connectivity index (χ2v) is 11.7. The zero-order valence-corrected chi connectivity index (χ0v) is 21.9. The summed E-state index contributed by atoms with van der Waals surface area (Å²) in [6, 6.07) is 5.98. The van der Waals surface area contributed by atoms with Gasteiger partial charge in [-0.3, -0.25) is 14.4 Å². The van der Waals surface area contributed by atoms with Crippen LogP contribution in [0.3, 0.4) is 0 Å². The summed E-state index contributed by atoms with van der Waals surface area (Å²) in [5.41, 5.74) is 1.20. The van der Waals surface area contributed by atoms with Gasteiger partial charge in [0.15, 0.2) is 0 Å². The molecule has 1 fully saturated rings. The van der Waals surface area contributed by atoms with Gasteiger partial charge in [0.25, 0.3) is 11.5 Å². The van der Waals surface area contributed by atoms with Gasteiger partial charge >= 0.3 is 5.97 Å². The number of carboxylic acid groups (broad SMARTS) is 1. The zero-order chi connectivity index (χ0) is 26.6. The molecule has 1 amide bonds. The maximum absolute atomic E-state index is 12.7. The van der Waals surface area contributed by atoms with E-state index in [-0.39, 0.29) is 43.3 Å². The molecule has 3 aromatic rings. The molecule has 3 heterocycles. The van der Waals surface area contributed by atoms with Gasteiger partial charge in [0.05, 0.1) is 17.7 Å². The van der Waals surface area contributed by atoms with Crippen LogP contribution in [0, 0.1) is 6.92 Å². The van der Waals surface area contributed by atoms with Crippen molar-refractivity contribution in [2.24, 2.45) is 0 Å². The fourth-order valence-corrected chi connectivity index (χ4v) is 6.87. The molecule has 2 aromatic heterocycles. The number of rotatable bonds is 10. The number of nitrogens with zero attached hydrogens (tertiary/aromatic N) is 2. The monoisotopic (exact) mass is 548 g/mol. The Morgan fingerprint density at radius 1 is 1.32 bits per heavy atom. The van der Waals surface area contributed by atoms with E-state index >= 15 is 0 Å². The van der Waals surface area contributed by atoms with Gasteiger partial charge in [-0.15, -0.1) is 11.3 Å². The zero-order valence-electron chi connectivity index (χ0n) is 20.2. The van der Waals surface area contributed by atoms with Crippen molar-refractivity contribution < 1.29 is 27.9 Å². The van der Waals surface area contributed by atoms with Gasteiger partial charge < -0.3 is 20.1 Å². The van der Waals surface area contributed by atoms with Crippen molar-refractivity contribution in [3.05, 3.63) is 57.0 Å². The molecule has 0 saturated carbocycles. The van der Waals surface area contributed by atoms with E-state index < -0.39 is 27.9 Å². The molecular weight excluding hydrogens is 520 g/mol. The predicted octanol–water partition coefficient (Wildman–Crippen LogP) is 2.26. The first kappa shape index (κ1) is 26.8. The van der Waals surface area contributed by atoms with Crippen molar-refractivity contribution in [2.75, 3.05) is 18.9 Å². The number of benzene rings is 1. The molecule has 1 unspecified atom stereocenters. The van der Waals surface area contributed by atoms with Crippen molar-refractivity contribution in [1.82, 2.24) is 19.6 Å². The van der Waals surface area contributed by atoms with Crippen molar-refractivity contribution in [3.8, 4) is 5.75 Å². The Kier molecular flexibility index (Phi) is 8.25. The maximum atomic E-state index is 12.7. The van der Waals surface area contributed by atoms with Crippen LogP contribution in [0.15, 0.2) is 34.4 Å². The lowest BCUT2D eigenvalue weighted by Crippen LogP contribution is -2.48. The Hall–Kier alpha value is -3.29. The summed E-state index contributed by atoms with van der Waals surface area (Å²) in [6.45, 7) is 2.33. The number of thiophene rings is 1. The van der Waals surface area contributed by atoms with Gasteiger partial charge in [-0.25, -0.2) is 13.4 Å². The highest BCUT2D eigenvalue weighted by Gasteiger charge is 2.36. The van der Waals surface area contributed by atoms with Gasteiger partial charge in [0.2, 0.25) is 15.8 Å². The first-order valence-corrected chi connectivity index (χ1v) is 14.3. The third-order valence-electron chi connectivity index (χ3n) is 6.11. The fraction of sp³-hybridized carbons (Fsp3) is 0.417. The van der Waals surface area contributed by atoms with Crippen LogP contribution in [-0.4, -0.2) is 64.6 Å². The molecule has 0 bridgehead atoms. The van der Waals surface area contributed by atoms with Gasteiger partial charge in [-0.2, -0.15) is 4.31 Å². The van der Waals surface area contributed by atoms with Crippen molar-refractivity contribution >= 4 is 43.5 Å². The van der Waals surface area contributed by atoms with E-state index in [1.165, 1.54) is 11.3 Å². The summed E-state index contributed by atoms with van der Waals surface area (Å²) < 4.78 is 32.1. The molecule has 0 aliphatic carbocycles. The lowest BCUT2D eigenvalue weighted by molar-refractivity contribution is -0.142. The number of aliphatic carboxylic acids is 1. The first-order valence-electron chi connectivity index (χ1n) is 11.9. The topological polar surface area (TPSA) is 159 Å². The molecule has 1 aliphatic rings. The maximum Gasteiger partial charge on any atom is 0.322 e. The molecule has 198 valence electrons. The Balaban J connectivity index is 1.29. The van der Waals surface area contributed by atoms with Crippen molar-refractivity contribution in [1.29, 1.82) is 0 Å². The average molecular weight is 549 g/mol. The fourth-order valence-electron chi connectivity index (χ4n) is 4.24. The number of fused-ring (bicyclic) bond motifs is 1. The molecule has 1 aliphatic heterocycles. The summed E-state index contributed by atoms with van der Waals surface area (Å²) in [6.07, 6.45) is 1.87. The summed E-state index contributed by atoms with van der Waals surface area (Å²) in [5, 5.41) is 14.4. The highest BCUT2D eigenvalue weighted by atomic mass is 32.2. The number of aromatic amines is 1. The number of aryl methyl sites for hydroxylation is 1. The molecule has 0 spiro atoms. The molecule has 3 N–H and O–H groups in total. The number of amides is 1. The number of aromatic nitrogens is 2. The van der Waals surface area contributed by atoms with Crippen LogP contribution >= 0.6 is 11.3 Å². The van der Waals surface area contributed by atoms with Gasteiger partial charge in [0, 0.05) is 13.1 Å². The second kappa shape index (κ2) is 11.4. The van der Waals surface area contributed by atoms with Crippen LogP contribution in [0.5, 0.6) is 5.75 Å². The second-order valence-electron chi connectivity index (χ2n) is 8.82. The molecule has 13 heteroatoms. The Labute approximate surface area is 217 Å². The number of carbonyl (C=O) groups is 2. The van der Waals surface area contributed by atoms with E-state index in [2.05, 4.69) is 15.3 Å². The summed E-state index contributed by atoms with van der Waals surface area (Å²) in [5.74, 6) is -1.39. The Morgan fingerprint density at radius 2 is 2.14 bits per heavy atom. The van der Waals surface area contributed by atoms with Crippen LogP contribution in [0.4, 0.5) is 0 Å². The van der Waals surface area contributed by atoms with Crippen LogP contribution < -0.4 is 15.6 Å². The lowest BCUT2D eigenvalue weighted by atomic mass is 10.1. The predicted molar refractivity (Wildman–Crippen MR) is 138 cm³/mol. The first-order chi connectivity index (χ1) is 17.7. The summed E-state index contributed by atoms with van der Waals surface area (Å²) in [4.78, 5) is 43.5. The lowest BCUT2D eigenvalue weighted by Gasteiger charge is -2.31. The number of hydrogen-bond acceptors (Lipinski definition) is 8. The van der Waals surface area contributed by atoms with Crippen LogP contribution in [0.1, 0.15) is 47.4 Å². The minimum absolute atomic E-state index is 0.0631. The third kappa shape index (κ3) is 6.35. The van der Waals surface area contributed by atoms with E-state index in [9.17, 15) is 27.9 Å². The molecule has 1 saturated heterocycles. The Morgan fingerprint density at radius 3 is 2.92 bits per heavy atom. The summed E-state index contributed by atoms with van der Waals surface area (Å²) in [7, 11) is -3.71. The van der Waals surface area contributed by atoms with Gasteiger partial charge in [-0.05, 0) is 61.2 Å². The number of carbonyl (C=O) groups excluding carboxylic acids is 1. The number of sulfonamides is 1. The molecular formula is C24H28N4O7S2. The van der Waals surface area contributed by atoms with Crippen molar-refractivity contribution in [2.45, 2.75) is 45.2 Å². The molecule has 1 aromatic carbocycles. The molecule has 11 nitrogen and oxygen atoms in total. The van der Waals surface area contributed by atoms with E-state index in [0.29, 0.717) is 35.2 Å². The van der Waals surface area contributed by atoms with Gasteiger partial charge in [-0.1, -0.05) is 12.1 Å². The average Bonchev–Trinajstić information content (AvgIpc) is 3.26. The molecule has 37 heavy (non-hydrogen) atoms. The molecule has 4 rings (SSSR count). The van der Waals surface area contributed by atoms with Crippen LogP contribution in [0.2, 0.25) is 0 Å². The van der Waals surface area contributed by atoms with Gasteiger partial charge in [0.1, 0.15) is 16.6 Å². The van der Waals surface area contributed by atoms with Crippen LogP contribution in [-0.2, 0) is 21.4 Å². The third-order valence-corrected chi connectivity index (χ3v) is 9.05. The van der Waals surface area contributed by atoms with E-state index in [4.69, 9.17) is 4.74 Å². The summed E-state index contributed by atoms with van der Waals surface area (Å²) >= 11 is 1.30. The highest BCUT2D eigenvalue weighted by molar-refractivity contribution is 7.89. The van der Waals surface area contributed by atoms with E-state index in [0.717, 1.165) is 15.4 Å². The normalized spacial score (nSPS) is 16.5. The van der Waals surface area contributed by atoms with E-state index in [1.807, 2.05) is 12.3 Å². The number of carboxylic acids is 1. The minimum Gasteiger partial charge on any atom is -0.494 e.